The van der Waals surface area contributed by atoms with Crippen molar-refractivity contribution in [1.82, 2.24) is 24.6 Å². The summed E-state index contributed by atoms with van der Waals surface area (Å²) in [5, 5.41) is 15.0. The van der Waals surface area contributed by atoms with Gasteiger partial charge in [0.2, 0.25) is 0 Å². The lowest BCUT2D eigenvalue weighted by Crippen LogP contribution is -2.23. The molecule has 3 heterocycles. The summed E-state index contributed by atoms with van der Waals surface area (Å²) in [4.78, 5) is 13.5. The third kappa shape index (κ3) is 3.40. The molecule has 1 unspecified atom stereocenters. The largest absolute Gasteiger partial charge is 0.385 e. The summed E-state index contributed by atoms with van der Waals surface area (Å²) in [6.45, 7) is 3.04. The second-order valence-corrected chi connectivity index (χ2v) is 7.05. The SMILES string of the molecule is CN(C)CC(O)c1cc2n(n1)CCCN(c1cnc3ccccc3n1)C2. The van der Waals surface area contributed by atoms with Crippen LogP contribution >= 0.6 is 0 Å². The molecule has 1 aromatic carbocycles. The van der Waals surface area contributed by atoms with Crippen molar-refractivity contribution in [2.24, 2.45) is 0 Å². The van der Waals surface area contributed by atoms with Gasteiger partial charge in [-0.2, -0.15) is 5.10 Å². The molecule has 4 rings (SSSR count). The minimum atomic E-state index is -0.571. The molecule has 1 N–H and O–H groups in total. The highest BCUT2D eigenvalue weighted by atomic mass is 16.3. The molecular weight excluding hydrogens is 328 g/mol. The molecular formula is C19H24N6O. The molecule has 0 fully saturated rings. The van der Waals surface area contributed by atoms with E-state index in [4.69, 9.17) is 4.98 Å². The molecule has 26 heavy (non-hydrogen) atoms. The molecule has 0 saturated heterocycles. The number of benzene rings is 1. The standard InChI is InChI=1S/C19H24N6O/c1-23(2)13-18(26)17-10-14-12-24(8-5-9-25(14)22-17)19-11-20-15-6-3-4-7-16(15)21-19/h3-4,6-7,10-11,18,26H,5,8-9,12-13H2,1-2H3. The van der Waals surface area contributed by atoms with Crippen LogP contribution in [0.25, 0.3) is 11.0 Å². The molecule has 1 atom stereocenters. The van der Waals surface area contributed by atoms with E-state index in [2.05, 4.69) is 15.0 Å². The summed E-state index contributed by atoms with van der Waals surface area (Å²) >= 11 is 0. The molecule has 0 saturated carbocycles. The minimum absolute atomic E-state index is 0.566. The number of aliphatic hydroxyl groups is 1. The van der Waals surface area contributed by atoms with Crippen molar-refractivity contribution in [3.63, 3.8) is 0 Å². The summed E-state index contributed by atoms with van der Waals surface area (Å²) in [5.74, 6) is 0.883. The Morgan fingerprint density at radius 3 is 2.81 bits per heavy atom. The Morgan fingerprint density at radius 2 is 2.00 bits per heavy atom. The van der Waals surface area contributed by atoms with Crippen LogP contribution in [-0.2, 0) is 13.1 Å². The molecule has 3 aromatic rings. The first-order chi connectivity index (χ1) is 12.6. The predicted octanol–water partition coefficient (Wildman–Crippen LogP) is 1.83. The van der Waals surface area contributed by atoms with Gasteiger partial charge in [-0.1, -0.05) is 12.1 Å². The van der Waals surface area contributed by atoms with E-state index in [1.54, 1.807) is 0 Å². The molecule has 1 aliphatic rings. The molecule has 0 aliphatic carbocycles. The third-order valence-electron chi connectivity index (χ3n) is 4.67. The molecule has 0 spiro atoms. The highest BCUT2D eigenvalue weighted by Crippen LogP contribution is 2.23. The predicted molar refractivity (Wildman–Crippen MR) is 101 cm³/mol. The van der Waals surface area contributed by atoms with Gasteiger partial charge in [0, 0.05) is 19.6 Å². The van der Waals surface area contributed by atoms with Gasteiger partial charge in [-0.05, 0) is 38.7 Å². The average molecular weight is 352 g/mol. The van der Waals surface area contributed by atoms with Crippen molar-refractivity contribution >= 4 is 16.9 Å². The van der Waals surface area contributed by atoms with E-state index in [1.165, 1.54) is 0 Å². The summed E-state index contributed by atoms with van der Waals surface area (Å²) in [6, 6.07) is 9.94. The van der Waals surface area contributed by atoms with E-state index < -0.39 is 6.10 Å². The molecule has 1 aliphatic heterocycles. The van der Waals surface area contributed by atoms with E-state index in [-0.39, 0.29) is 0 Å². The average Bonchev–Trinajstić information content (AvgIpc) is 2.93. The lowest BCUT2D eigenvalue weighted by atomic mass is 10.2. The molecule has 0 amide bonds. The second-order valence-electron chi connectivity index (χ2n) is 7.05. The first-order valence-electron chi connectivity index (χ1n) is 8.96. The number of aliphatic hydroxyl groups excluding tert-OH is 1. The zero-order valence-electron chi connectivity index (χ0n) is 15.2. The summed E-state index contributed by atoms with van der Waals surface area (Å²) in [6.07, 6.45) is 2.25. The number of anilines is 1. The van der Waals surface area contributed by atoms with Crippen molar-refractivity contribution in [3.05, 3.63) is 47.9 Å². The molecule has 7 nitrogen and oxygen atoms in total. The minimum Gasteiger partial charge on any atom is -0.385 e. The van der Waals surface area contributed by atoms with Crippen molar-refractivity contribution in [2.75, 3.05) is 32.1 Å². The first-order valence-corrected chi connectivity index (χ1v) is 8.96. The number of fused-ring (bicyclic) bond motifs is 2. The maximum absolute atomic E-state index is 10.4. The van der Waals surface area contributed by atoms with Gasteiger partial charge in [0.25, 0.3) is 0 Å². The van der Waals surface area contributed by atoms with Gasteiger partial charge in [-0.15, -0.1) is 0 Å². The summed E-state index contributed by atoms with van der Waals surface area (Å²) in [7, 11) is 3.90. The van der Waals surface area contributed by atoms with Crippen molar-refractivity contribution in [1.29, 1.82) is 0 Å². The van der Waals surface area contributed by atoms with Crippen LogP contribution in [0.5, 0.6) is 0 Å². The number of aryl methyl sites for hydroxylation is 1. The molecule has 0 radical (unpaired) electrons. The monoisotopic (exact) mass is 352 g/mol. The van der Waals surface area contributed by atoms with E-state index in [0.29, 0.717) is 13.1 Å². The fourth-order valence-electron chi connectivity index (χ4n) is 3.38. The van der Waals surface area contributed by atoms with E-state index in [9.17, 15) is 5.11 Å². The number of likely N-dealkylation sites (N-methyl/N-ethyl adjacent to an activating group) is 1. The van der Waals surface area contributed by atoms with Crippen LogP contribution in [0.1, 0.15) is 23.9 Å². The molecule has 0 bridgehead atoms. The topological polar surface area (TPSA) is 70.3 Å². The lowest BCUT2D eigenvalue weighted by Gasteiger charge is -2.21. The van der Waals surface area contributed by atoms with Crippen LogP contribution < -0.4 is 4.90 Å². The van der Waals surface area contributed by atoms with Gasteiger partial charge >= 0.3 is 0 Å². The van der Waals surface area contributed by atoms with E-state index in [1.807, 2.05) is 60.2 Å². The van der Waals surface area contributed by atoms with Crippen molar-refractivity contribution < 1.29 is 5.11 Å². The number of rotatable bonds is 4. The quantitative estimate of drug-likeness (QED) is 0.772. The van der Waals surface area contributed by atoms with Crippen molar-refractivity contribution in [3.8, 4) is 0 Å². The van der Waals surface area contributed by atoms with E-state index >= 15 is 0 Å². The Morgan fingerprint density at radius 1 is 1.19 bits per heavy atom. The van der Waals surface area contributed by atoms with E-state index in [0.717, 1.165) is 47.7 Å². The van der Waals surface area contributed by atoms with Crippen LogP contribution in [0.4, 0.5) is 5.82 Å². The number of hydrogen-bond donors (Lipinski definition) is 1. The highest BCUT2D eigenvalue weighted by molar-refractivity contribution is 5.75. The number of para-hydroxylation sites is 2. The summed E-state index contributed by atoms with van der Waals surface area (Å²) in [5.41, 5.74) is 3.65. The zero-order chi connectivity index (χ0) is 18.1. The van der Waals surface area contributed by atoms with Gasteiger partial charge in [-0.3, -0.25) is 9.67 Å². The Bertz CT molecular complexity index is 906. The fourth-order valence-corrected chi connectivity index (χ4v) is 3.38. The van der Waals surface area contributed by atoms with Crippen LogP contribution in [0.15, 0.2) is 36.5 Å². The highest BCUT2D eigenvalue weighted by Gasteiger charge is 2.21. The maximum atomic E-state index is 10.4. The van der Waals surface area contributed by atoms with Crippen LogP contribution in [-0.4, -0.2) is 56.9 Å². The fraction of sp³-hybridized carbons (Fsp3) is 0.421. The normalized spacial score (nSPS) is 15.9. The van der Waals surface area contributed by atoms with Gasteiger partial charge in [0.1, 0.15) is 11.9 Å². The van der Waals surface area contributed by atoms with Gasteiger partial charge in [-0.25, -0.2) is 4.98 Å². The Labute approximate surface area is 152 Å². The van der Waals surface area contributed by atoms with Gasteiger partial charge in [0.05, 0.1) is 35.2 Å². The van der Waals surface area contributed by atoms with Crippen LogP contribution in [0.3, 0.4) is 0 Å². The zero-order valence-corrected chi connectivity index (χ0v) is 15.2. The van der Waals surface area contributed by atoms with Crippen molar-refractivity contribution in [2.45, 2.75) is 25.6 Å². The number of nitrogens with zero attached hydrogens (tertiary/aromatic N) is 6. The maximum Gasteiger partial charge on any atom is 0.148 e. The Kier molecular flexibility index (Phi) is 4.57. The third-order valence-corrected chi connectivity index (χ3v) is 4.67. The van der Waals surface area contributed by atoms with Crippen LogP contribution in [0.2, 0.25) is 0 Å². The molecule has 7 heteroatoms. The van der Waals surface area contributed by atoms with Gasteiger partial charge < -0.3 is 14.9 Å². The molecule has 2 aromatic heterocycles. The van der Waals surface area contributed by atoms with Crippen LogP contribution in [0, 0.1) is 0 Å². The Hall–Kier alpha value is -2.51. The lowest BCUT2D eigenvalue weighted by molar-refractivity contribution is 0.133. The number of hydrogen-bond acceptors (Lipinski definition) is 6. The molecule has 136 valence electrons. The Balaban J connectivity index is 1.59. The number of aromatic nitrogens is 4. The van der Waals surface area contributed by atoms with Gasteiger partial charge in [0.15, 0.2) is 0 Å². The smallest absolute Gasteiger partial charge is 0.148 e. The first kappa shape index (κ1) is 16.9. The summed E-state index contributed by atoms with van der Waals surface area (Å²) < 4.78 is 2.02. The second kappa shape index (κ2) is 7.01.